The molecule has 0 saturated carbocycles. The van der Waals surface area contributed by atoms with Crippen molar-refractivity contribution in [2.45, 2.75) is 12.5 Å². The lowest BCUT2D eigenvalue weighted by atomic mass is 10.2. The van der Waals surface area contributed by atoms with Crippen LogP contribution in [0.4, 0.5) is 16.4 Å². The highest BCUT2D eigenvalue weighted by atomic mass is 16.6. The summed E-state index contributed by atoms with van der Waals surface area (Å²) in [7, 11) is 1.53. The molecule has 0 spiro atoms. The van der Waals surface area contributed by atoms with Gasteiger partial charge in [-0.2, -0.15) is 0 Å². The van der Waals surface area contributed by atoms with Crippen LogP contribution in [0.3, 0.4) is 0 Å². The predicted molar refractivity (Wildman–Crippen MR) is 67.3 cm³/mol. The predicted octanol–water partition coefficient (Wildman–Crippen LogP) is 1.18. The molecule has 8 heteroatoms. The molecule has 1 saturated heterocycles. The summed E-state index contributed by atoms with van der Waals surface area (Å²) < 4.78 is 0. The summed E-state index contributed by atoms with van der Waals surface area (Å²) in [5.41, 5.74) is 0. The van der Waals surface area contributed by atoms with E-state index in [0.29, 0.717) is 25.3 Å². The number of carbonyl (C=O) groups is 1. The van der Waals surface area contributed by atoms with E-state index < -0.39 is 11.0 Å². The molecule has 0 radical (unpaired) electrons. The van der Waals surface area contributed by atoms with E-state index >= 15 is 0 Å². The Morgan fingerprint density at radius 3 is 3.00 bits per heavy atom. The largest absolute Gasteiger partial charge is 0.465 e. The monoisotopic (exact) mass is 266 g/mol. The van der Waals surface area contributed by atoms with E-state index in [0.717, 1.165) is 0 Å². The minimum Gasteiger partial charge on any atom is -0.465 e. The third-order valence-corrected chi connectivity index (χ3v) is 3.24. The van der Waals surface area contributed by atoms with E-state index in [-0.39, 0.29) is 11.9 Å². The summed E-state index contributed by atoms with van der Waals surface area (Å²) in [6.45, 7) is 1.13. The second-order valence-electron chi connectivity index (χ2n) is 4.39. The van der Waals surface area contributed by atoms with E-state index in [1.807, 2.05) is 4.90 Å². The smallest absolute Gasteiger partial charge is 0.407 e. The Bertz CT molecular complexity index is 507. The minimum absolute atomic E-state index is 0.112. The Labute approximate surface area is 109 Å². The molecule has 1 aromatic heterocycles. The molecule has 1 amide bonds. The van der Waals surface area contributed by atoms with Crippen molar-refractivity contribution in [3.63, 3.8) is 0 Å². The molecule has 0 bridgehead atoms. The van der Waals surface area contributed by atoms with Gasteiger partial charge >= 0.3 is 11.9 Å². The lowest BCUT2D eigenvalue weighted by Crippen LogP contribution is -2.38. The van der Waals surface area contributed by atoms with Gasteiger partial charge in [0.15, 0.2) is 0 Å². The van der Waals surface area contributed by atoms with Crippen molar-refractivity contribution < 1.29 is 14.8 Å². The maximum absolute atomic E-state index is 10.9. The molecule has 1 aromatic rings. The van der Waals surface area contributed by atoms with Gasteiger partial charge in [0.25, 0.3) is 0 Å². The number of amides is 1. The highest BCUT2D eigenvalue weighted by Crippen LogP contribution is 2.22. The molecular formula is C11H14N4O4. The normalized spacial score (nSPS) is 18.4. The summed E-state index contributed by atoms with van der Waals surface area (Å²) in [6, 6.07) is 4.49. The van der Waals surface area contributed by atoms with E-state index in [2.05, 4.69) is 4.98 Å². The van der Waals surface area contributed by atoms with Gasteiger partial charge in [0.2, 0.25) is 5.82 Å². The highest BCUT2D eigenvalue weighted by molar-refractivity contribution is 5.65. The summed E-state index contributed by atoms with van der Waals surface area (Å²) in [6.07, 6.45) is -0.286. The summed E-state index contributed by atoms with van der Waals surface area (Å²) in [4.78, 5) is 28.1. The number of anilines is 1. The summed E-state index contributed by atoms with van der Waals surface area (Å²) in [5.74, 6) is 0.308. The fourth-order valence-electron chi connectivity index (χ4n) is 2.11. The van der Waals surface area contributed by atoms with Crippen molar-refractivity contribution in [2.75, 3.05) is 25.0 Å². The molecule has 19 heavy (non-hydrogen) atoms. The number of pyridine rings is 1. The van der Waals surface area contributed by atoms with Gasteiger partial charge in [-0.25, -0.2) is 4.79 Å². The lowest BCUT2D eigenvalue weighted by molar-refractivity contribution is -0.389. The SMILES string of the molecule is CN(C(=O)O)C1CCN(c2cccc([N+](=O)[O-])n2)C1. The number of nitrogens with zero attached hydrogens (tertiary/aromatic N) is 4. The van der Waals surface area contributed by atoms with Gasteiger partial charge in [-0.05, 0) is 22.4 Å². The molecular weight excluding hydrogens is 252 g/mol. The van der Waals surface area contributed by atoms with E-state index in [1.54, 1.807) is 12.1 Å². The maximum atomic E-state index is 10.9. The highest BCUT2D eigenvalue weighted by Gasteiger charge is 2.30. The van der Waals surface area contributed by atoms with Crippen LogP contribution in [0.5, 0.6) is 0 Å². The van der Waals surface area contributed by atoms with Crippen LogP contribution in [-0.2, 0) is 0 Å². The fraction of sp³-hybridized carbons (Fsp3) is 0.455. The number of hydrogen-bond donors (Lipinski definition) is 1. The lowest BCUT2D eigenvalue weighted by Gasteiger charge is -2.21. The quantitative estimate of drug-likeness (QED) is 0.651. The molecule has 1 fully saturated rings. The number of nitro groups is 1. The van der Waals surface area contributed by atoms with E-state index in [9.17, 15) is 14.9 Å². The Kier molecular flexibility index (Phi) is 3.50. The van der Waals surface area contributed by atoms with Crippen LogP contribution >= 0.6 is 0 Å². The zero-order valence-electron chi connectivity index (χ0n) is 10.4. The first-order valence-electron chi connectivity index (χ1n) is 5.81. The van der Waals surface area contributed by atoms with Gasteiger partial charge in [-0.15, -0.1) is 0 Å². The Morgan fingerprint density at radius 2 is 2.37 bits per heavy atom. The number of rotatable bonds is 3. The molecule has 1 atom stereocenters. The summed E-state index contributed by atoms with van der Waals surface area (Å²) >= 11 is 0. The second-order valence-corrected chi connectivity index (χ2v) is 4.39. The van der Waals surface area contributed by atoms with Crippen molar-refractivity contribution in [1.82, 2.24) is 9.88 Å². The van der Waals surface area contributed by atoms with Gasteiger partial charge in [0.05, 0.1) is 6.04 Å². The standard InChI is InChI=1S/C11H14N4O4/c1-13(11(16)17)8-5-6-14(7-8)9-3-2-4-10(12-9)15(18)19/h2-4,8H,5-7H2,1H3,(H,16,17). The van der Waals surface area contributed by atoms with E-state index in [1.165, 1.54) is 18.0 Å². The zero-order chi connectivity index (χ0) is 14.0. The second kappa shape index (κ2) is 5.09. The fourth-order valence-corrected chi connectivity index (χ4v) is 2.11. The van der Waals surface area contributed by atoms with Crippen LogP contribution in [0.25, 0.3) is 0 Å². The van der Waals surface area contributed by atoms with Gasteiger partial charge in [0, 0.05) is 32.3 Å². The van der Waals surface area contributed by atoms with Crippen LogP contribution in [0.2, 0.25) is 0 Å². The average Bonchev–Trinajstić information content (AvgIpc) is 2.87. The Balaban J connectivity index is 2.10. The zero-order valence-corrected chi connectivity index (χ0v) is 10.4. The van der Waals surface area contributed by atoms with Crippen LogP contribution in [0.1, 0.15) is 6.42 Å². The van der Waals surface area contributed by atoms with E-state index in [4.69, 9.17) is 5.11 Å². The van der Waals surface area contributed by atoms with Crippen LogP contribution in [0.15, 0.2) is 18.2 Å². The van der Waals surface area contributed by atoms with Crippen LogP contribution in [-0.4, -0.2) is 52.2 Å². The van der Waals surface area contributed by atoms with Crippen LogP contribution in [0, 0.1) is 10.1 Å². The maximum Gasteiger partial charge on any atom is 0.407 e. The minimum atomic E-state index is -0.973. The third kappa shape index (κ3) is 2.72. The van der Waals surface area contributed by atoms with Crippen molar-refractivity contribution in [3.8, 4) is 0 Å². The van der Waals surface area contributed by atoms with Gasteiger partial charge in [-0.3, -0.25) is 0 Å². The Morgan fingerprint density at radius 1 is 1.63 bits per heavy atom. The van der Waals surface area contributed by atoms with Crippen molar-refractivity contribution in [3.05, 3.63) is 28.3 Å². The topological polar surface area (TPSA) is 99.8 Å². The van der Waals surface area contributed by atoms with Crippen LogP contribution < -0.4 is 4.90 Å². The Hall–Kier alpha value is -2.38. The first kappa shape index (κ1) is 13.1. The third-order valence-electron chi connectivity index (χ3n) is 3.24. The number of carboxylic acid groups (broad SMARTS) is 1. The molecule has 1 aliphatic heterocycles. The van der Waals surface area contributed by atoms with Gasteiger partial charge in [0.1, 0.15) is 0 Å². The molecule has 102 valence electrons. The molecule has 8 nitrogen and oxygen atoms in total. The molecule has 0 aromatic carbocycles. The molecule has 1 unspecified atom stereocenters. The molecule has 1 N–H and O–H groups in total. The van der Waals surface area contributed by atoms with Crippen molar-refractivity contribution in [1.29, 1.82) is 0 Å². The molecule has 2 rings (SSSR count). The number of aromatic nitrogens is 1. The first-order valence-corrected chi connectivity index (χ1v) is 5.81. The molecule has 1 aliphatic rings. The van der Waals surface area contributed by atoms with Gasteiger partial charge < -0.3 is 25.0 Å². The molecule has 0 aliphatic carbocycles. The number of likely N-dealkylation sites (N-methyl/N-ethyl adjacent to an activating group) is 1. The number of hydrogen-bond acceptors (Lipinski definition) is 5. The first-order chi connectivity index (χ1) is 8.99. The van der Waals surface area contributed by atoms with Crippen molar-refractivity contribution in [2.24, 2.45) is 0 Å². The van der Waals surface area contributed by atoms with Gasteiger partial charge in [-0.1, -0.05) is 0 Å². The summed E-state index contributed by atoms with van der Waals surface area (Å²) in [5, 5.41) is 19.6. The van der Waals surface area contributed by atoms with Crippen molar-refractivity contribution >= 4 is 17.7 Å². The molecule has 2 heterocycles. The average molecular weight is 266 g/mol.